The highest BCUT2D eigenvalue weighted by atomic mass is 16.2. The van der Waals surface area contributed by atoms with E-state index in [0.29, 0.717) is 38.5 Å². The third-order valence-electron chi connectivity index (χ3n) is 5.15. The standard InChI is InChI=1S/C19H26N2O2/c1-15-5-7-16(8-6-15)9-10-18(22)20-11-13-21(14-12-20)19(23)17-3-2-4-17/h5-8,17H,2-4,9-14H2,1H3. The van der Waals surface area contributed by atoms with Gasteiger partial charge < -0.3 is 9.80 Å². The van der Waals surface area contributed by atoms with Crippen molar-refractivity contribution in [2.24, 2.45) is 5.92 Å². The number of benzene rings is 1. The lowest BCUT2D eigenvalue weighted by atomic mass is 9.84. The minimum Gasteiger partial charge on any atom is -0.339 e. The van der Waals surface area contributed by atoms with Gasteiger partial charge in [-0.25, -0.2) is 0 Å². The van der Waals surface area contributed by atoms with Crippen molar-refractivity contribution in [2.75, 3.05) is 26.2 Å². The molecular weight excluding hydrogens is 288 g/mol. The number of piperazine rings is 1. The molecule has 4 heteroatoms. The molecule has 0 unspecified atom stereocenters. The van der Waals surface area contributed by atoms with Gasteiger partial charge in [-0.3, -0.25) is 9.59 Å². The normalized spacial score (nSPS) is 18.7. The van der Waals surface area contributed by atoms with Crippen LogP contribution in [0, 0.1) is 12.8 Å². The topological polar surface area (TPSA) is 40.6 Å². The van der Waals surface area contributed by atoms with Crippen LogP contribution in [0.15, 0.2) is 24.3 Å². The summed E-state index contributed by atoms with van der Waals surface area (Å²) in [5.41, 5.74) is 2.45. The highest BCUT2D eigenvalue weighted by Gasteiger charge is 2.31. The molecule has 0 radical (unpaired) electrons. The average Bonchev–Trinajstić information content (AvgIpc) is 2.52. The van der Waals surface area contributed by atoms with Crippen molar-refractivity contribution in [1.29, 1.82) is 0 Å². The second kappa shape index (κ2) is 7.16. The molecule has 0 spiro atoms. The van der Waals surface area contributed by atoms with Crippen molar-refractivity contribution in [3.8, 4) is 0 Å². The van der Waals surface area contributed by atoms with E-state index in [1.807, 2.05) is 9.80 Å². The number of carbonyl (C=O) groups excluding carboxylic acids is 2. The molecule has 2 aliphatic rings. The van der Waals surface area contributed by atoms with E-state index in [1.54, 1.807) is 0 Å². The Morgan fingerprint density at radius 3 is 2.17 bits per heavy atom. The molecule has 3 rings (SSSR count). The van der Waals surface area contributed by atoms with Crippen molar-refractivity contribution in [2.45, 2.75) is 39.0 Å². The minimum absolute atomic E-state index is 0.210. The molecule has 1 aromatic carbocycles. The maximum absolute atomic E-state index is 12.3. The smallest absolute Gasteiger partial charge is 0.225 e. The second-order valence-electron chi connectivity index (χ2n) is 6.82. The Balaban J connectivity index is 1.42. The van der Waals surface area contributed by atoms with Gasteiger partial charge in [-0.05, 0) is 31.7 Å². The lowest BCUT2D eigenvalue weighted by Crippen LogP contribution is -2.52. The summed E-state index contributed by atoms with van der Waals surface area (Å²) in [6, 6.07) is 8.37. The quantitative estimate of drug-likeness (QED) is 0.856. The number of rotatable bonds is 4. The first-order valence-corrected chi connectivity index (χ1v) is 8.75. The van der Waals surface area contributed by atoms with Crippen LogP contribution in [0.4, 0.5) is 0 Å². The maximum atomic E-state index is 12.3. The molecule has 23 heavy (non-hydrogen) atoms. The van der Waals surface area contributed by atoms with E-state index < -0.39 is 0 Å². The predicted molar refractivity (Wildman–Crippen MR) is 90.0 cm³/mol. The summed E-state index contributed by atoms with van der Waals surface area (Å²) in [5, 5.41) is 0. The summed E-state index contributed by atoms with van der Waals surface area (Å²) < 4.78 is 0. The lowest BCUT2D eigenvalue weighted by molar-refractivity contribution is -0.144. The number of hydrogen-bond donors (Lipinski definition) is 0. The zero-order chi connectivity index (χ0) is 16.2. The van der Waals surface area contributed by atoms with Crippen molar-refractivity contribution >= 4 is 11.8 Å². The van der Waals surface area contributed by atoms with Crippen LogP contribution in [0.5, 0.6) is 0 Å². The van der Waals surface area contributed by atoms with Gasteiger partial charge in [-0.1, -0.05) is 36.2 Å². The molecular formula is C19H26N2O2. The molecule has 124 valence electrons. The molecule has 1 aliphatic heterocycles. The molecule has 2 fully saturated rings. The van der Waals surface area contributed by atoms with Crippen molar-refractivity contribution in [3.63, 3.8) is 0 Å². The van der Waals surface area contributed by atoms with Gasteiger partial charge >= 0.3 is 0 Å². The largest absolute Gasteiger partial charge is 0.339 e. The Morgan fingerprint density at radius 1 is 1.00 bits per heavy atom. The predicted octanol–water partition coefficient (Wildman–Crippen LogP) is 2.40. The SMILES string of the molecule is Cc1ccc(CCC(=O)N2CCN(C(=O)C3CCC3)CC2)cc1. The van der Waals surface area contributed by atoms with Crippen LogP contribution in [0.2, 0.25) is 0 Å². The van der Waals surface area contributed by atoms with Crippen LogP contribution in [-0.4, -0.2) is 47.8 Å². The maximum Gasteiger partial charge on any atom is 0.225 e. The van der Waals surface area contributed by atoms with Gasteiger partial charge in [0.1, 0.15) is 0 Å². The first-order chi connectivity index (χ1) is 11.1. The fourth-order valence-electron chi connectivity index (χ4n) is 3.25. The third-order valence-corrected chi connectivity index (χ3v) is 5.15. The van der Waals surface area contributed by atoms with Crippen molar-refractivity contribution < 1.29 is 9.59 Å². The number of nitrogens with zero attached hydrogens (tertiary/aromatic N) is 2. The first kappa shape index (κ1) is 16.0. The van der Waals surface area contributed by atoms with Gasteiger partial charge in [0.25, 0.3) is 0 Å². The van der Waals surface area contributed by atoms with E-state index in [4.69, 9.17) is 0 Å². The lowest BCUT2D eigenvalue weighted by Gasteiger charge is -2.38. The average molecular weight is 314 g/mol. The molecule has 1 aromatic rings. The van der Waals surface area contributed by atoms with E-state index in [9.17, 15) is 9.59 Å². The van der Waals surface area contributed by atoms with Crippen molar-refractivity contribution in [1.82, 2.24) is 9.80 Å². The highest BCUT2D eigenvalue weighted by molar-refractivity contribution is 5.80. The molecule has 1 saturated heterocycles. The van der Waals surface area contributed by atoms with Crippen LogP contribution in [-0.2, 0) is 16.0 Å². The third kappa shape index (κ3) is 3.92. The highest BCUT2D eigenvalue weighted by Crippen LogP contribution is 2.28. The number of aryl methyl sites for hydroxylation is 2. The molecule has 2 amide bonds. The van der Waals surface area contributed by atoms with Gasteiger partial charge in [0.05, 0.1) is 0 Å². The van der Waals surface area contributed by atoms with E-state index in [2.05, 4.69) is 31.2 Å². The Bertz CT molecular complexity index is 555. The van der Waals surface area contributed by atoms with E-state index in [0.717, 1.165) is 19.3 Å². The molecule has 1 saturated carbocycles. The fraction of sp³-hybridized carbons (Fsp3) is 0.579. The van der Waals surface area contributed by atoms with E-state index in [-0.39, 0.29) is 11.8 Å². The summed E-state index contributed by atoms with van der Waals surface area (Å²) >= 11 is 0. The van der Waals surface area contributed by atoms with Gasteiger partial charge in [0, 0.05) is 38.5 Å². The Morgan fingerprint density at radius 2 is 1.61 bits per heavy atom. The first-order valence-electron chi connectivity index (χ1n) is 8.75. The van der Waals surface area contributed by atoms with E-state index in [1.165, 1.54) is 17.5 Å². The Hall–Kier alpha value is -1.84. The summed E-state index contributed by atoms with van der Waals surface area (Å²) in [7, 11) is 0. The number of hydrogen-bond acceptors (Lipinski definition) is 2. The molecule has 0 N–H and O–H groups in total. The summed E-state index contributed by atoms with van der Waals surface area (Å²) in [6.07, 6.45) is 4.64. The summed E-state index contributed by atoms with van der Waals surface area (Å²) in [6.45, 7) is 4.84. The minimum atomic E-state index is 0.210. The summed E-state index contributed by atoms with van der Waals surface area (Å²) in [4.78, 5) is 28.4. The molecule has 1 heterocycles. The second-order valence-corrected chi connectivity index (χ2v) is 6.82. The van der Waals surface area contributed by atoms with Gasteiger partial charge in [0.2, 0.25) is 11.8 Å². The number of amides is 2. The monoisotopic (exact) mass is 314 g/mol. The van der Waals surface area contributed by atoms with Crippen LogP contribution >= 0.6 is 0 Å². The van der Waals surface area contributed by atoms with Gasteiger partial charge in [0.15, 0.2) is 0 Å². The van der Waals surface area contributed by atoms with E-state index >= 15 is 0 Å². The molecule has 0 bridgehead atoms. The summed E-state index contributed by atoms with van der Waals surface area (Å²) in [5.74, 6) is 0.781. The van der Waals surface area contributed by atoms with Gasteiger partial charge in [-0.2, -0.15) is 0 Å². The molecule has 0 aromatic heterocycles. The molecule has 0 atom stereocenters. The van der Waals surface area contributed by atoms with Gasteiger partial charge in [-0.15, -0.1) is 0 Å². The van der Waals surface area contributed by atoms with Crippen molar-refractivity contribution in [3.05, 3.63) is 35.4 Å². The number of carbonyl (C=O) groups is 2. The Labute approximate surface area is 138 Å². The fourth-order valence-corrected chi connectivity index (χ4v) is 3.25. The van der Waals surface area contributed by atoms with Crippen LogP contribution in [0.25, 0.3) is 0 Å². The Kier molecular flexibility index (Phi) is 4.99. The van der Waals surface area contributed by atoms with Crippen LogP contribution < -0.4 is 0 Å². The van der Waals surface area contributed by atoms with Crippen LogP contribution in [0.1, 0.15) is 36.8 Å². The zero-order valence-electron chi connectivity index (χ0n) is 14.0. The molecule has 4 nitrogen and oxygen atoms in total. The van der Waals surface area contributed by atoms with Crippen LogP contribution in [0.3, 0.4) is 0 Å². The zero-order valence-corrected chi connectivity index (χ0v) is 14.0. The molecule has 1 aliphatic carbocycles.